The van der Waals surface area contributed by atoms with Gasteiger partial charge in [0.1, 0.15) is 0 Å². The highest BCUT2D eigenvalue weighted by atomic mass is 16.5. The van der Waals surface area contributed by atoms with Gasteiger partial charge in [-0.2, -0.15) is 0 Å². The van der Waals surface area contributed by atoms with E-state index in [-0.39, 0.29) is 6.61 Å². The molecule has 6 nitrogen and oxygen atoms in total. The average Bonchev–Trinajstić information content (AvgIpc) is 2.34. The summed E-state index contributed by atoms with van der Waals surface area (Å²) in [6.07, 6.45) is 0. The molecule has 0 bridgehead atoms. The van der Waals surface area contributed by atoms with Crippen LogP contribution < -0.4 is 25.7 Å². The van der Waals surface area contributed by atoms with Crippen molar-refractivity contribution in [2.24, 2.45) is 11.5 Å². The summed E-state index contributed by atoms with van der Waals surface area (Å²) in [6.45, 7) is 0.109. The van der Waals surface area contributed by atoms with Crippen LogP contribution in [0.25, 0.3) is 0 Å². The molecule has 0 aromatic heterocycles. The molecule has 4 N–H and O–H groups in total. The van der Waals surface area contributed by atoms with Gasteiger partial charge in [-0.3, -0.25) is 4.79 Å². The lowest BCUT2D eigenvalue weighted by Crippen LogP contribution is -2.20. The summed E-state index contributed by atoms with van der Waals surface area (Å²) in [5.74, 6) is 0.667. The number of methoxy groups -OCH3 is 2. The van der Waals surface area contributed by atoms with Crippen LogP contribution >= 0.6 is 0 Å². The quantitative estimate of drug-likeness (QED) is 0.731. The van der Waals surface area contributed by atoms with Crippen molar-refractivity contribution >= 4 is 5.91 Å². The standard InChI is InChI=1S/C11H16N2O4/c1-15-8-3-7(5-12)4-9(16-2)11(8)17-6-10(13)14/h3-4H,5-6,12H2,1-2H3,(H2,13,14). The van der Waals surface area contributed by atoms with Crippen LogP contribution in [0.1, 0.15) is 5.56 Å². The van der Waals surface area contributed by atoms with Crippen molar-refractivity contribution in [1.29, 1.82) is 0 Å². The summed E-state index contributed by atoms with van der Waals surface area (Å²) in [7, 11) is 2.98. The first-order valence-corrected chi connectivity index (χ1v) is 4.98. The SMILES string of the molecule is COc1cc(CN)cc(OC)c1OCC(N)=O. The lowest BCUT2D eigenvalue weighted by molar-refractivity contribution is -0.119. The van der Waals surface area contributed by atoms with Crippen molar-refractivity contribution in [2.45, 2.75) is 6.54 Å². The van der Waals surface area contributed by atoms with Crippen LogP contribution in [0.3, 0.4) is 0 Å². The maximum absolute atomic E-state index is 10.7. The molecule has 0 saturated carbocycles. The third kappa shape index (κ3) is 3.25. The fourth-order valence-electron chi connectivity index (χ4n) is 1.34. The maximum atomic E-state index is 10.7. The molecule has 0 heterocycles. The van der Waals surface area contributed by atoms with Gasteiger partial charge in [0, 0.05) is 6.54 Å². The molecular formula is C11H16N2O4. The van der Waals surface area contributed by atoms with E-state index in [4.69, 9.17) is 25.7 Å². The van der Waals surface area contributed by atoms with Gasteiger partial charge in [0.05, 0.1) is 14.2 Å². The number of ether oxygens (including phenoxy) is 3. The van der Waals surface area contributed by atoms with E-state index in [1.54, 1.807) is 12.1 Å². The Kier molecular flexibility index (Phi) is 4.59. The molecule has 0 radical (unpaired) electrons. The highest BCUT2D eigenvalue weighted by Crippen LogP contribution is 2.38. The lowest BCUT2D eigenvalue weighted by Gasteiger charge is -2.14. The Bertz CT molecular complexity index is 381. The number of primary amides is 1. The summed E-state index contributed by atoms with van der Waals surface area (Å²) < 4.78 is 15.5. The van der Waals surface area contributed by atoms with Crippen molar-refractivity contribution in [1.82, 2.24) is 0 Å². The first-order chi connectivity index (χ1) is 8.12. The summed E-state index contributed by atoms with van der Waals surface area (Å²) >= 11 is 0. The molecule has 17 heavy (non-hydrogen) atoms. The number of carbonyl (C=O) groups is 1. The van der Waals surface area contributed by atoms with Crippen LogP contribution in [0.2, 0.25) is 0 Å². The minimum Gasteiger partial charge on any atom is -0.493 e. The number of carbonyl (C=O) groups excluding carboxylic acids is 1. The molecule has 94 valence electrons. The molecule has 0 fully saturated rings. The van der Waals surface area contributed by atoms with Crippen molar-refractivity contribution in [2.75, 3.05) is 20.8 Å². The molecule has 1 rings (SSSR count). The largest absolute Gasteiger partial charge is 0.493 e. The third-order valence-corrected chi connectivity index (χ3v) is 2.11. The van der Waals surface area contributed by atoms with Crippen molar-refractivity contribution in [3.63, 3.8) is 0 Å². The van der Waals surface area contributed by atoms with E-state index >= 15 is 0 Å². The van der Waals surface area contributed by atoms with Gasteiger partial charge < -0.3 is 25.7 Å². The lowest BCUT2D eigenvalue weighted by atomic mass is 10.2. The topological polar surface area (TPSA) is 96.8 Å². The monoisotopic (exact) mass is 240 g/mol. The second-order valence-corrected chi connectivity index (χ2v) is 3.29. The molecule has 1 aromatic carbocycles. The fourth-order valence-corrected chi connectivity index (χ4v) is 1.34. The Labute approximate surface area is 99.4 Å². The minimum absolute atomic E-state index is 0.241. The molecule has 0 atom stereocenters. The number of amides is 1. The maximum Gasteiger partial charge on any atom is 0.255 e. The van der Waals surface area contributed by atoms with Crippen LogP contribution in [0.15, 0.2) is 12.1 Å². The molecule has 0 spiro atoms. The predicted molar refractivity (Wildman–Crippen MR) is 62.1 cm³/mol. The van der Waals surface area contributed by atoms with Crippen LogP contribution in [-0.2, 0) is 11.3 Å². The van der Waals surface area contributed by atoms with Gasteiger partial charge in [-0.1, -0.05) is 0 Å². The van der Waals surface area contributed by atoms with E-state index in [0.29, 0.717) is 23.8 Å². The van der Waals surface area contributed by atoms with E-state index in [2.05, 4.69) is 0 Å². The predicted octanol–water partition coefficient (Wildman–Crippen LogP) is 0.0266. The third-order valence-electron chi connectivity index (χ3n) is 2.11. The molecule has 1 aromatic rings. The molecule has 6 heteroatoms. The van der Waals surface area contributed by atoms with Gasteiger partial charge in [-0.25, -0.2) is 0 Å². The molecule has 0 aliphatic heterocycles. The molecule has 0 aliphatic carbocycles. The molecule has 1 amide bonds. The zero-order valence-electron chi connectivity index (χ0n) is 9.86. The Morgan fingerprint density at radius 2 is 1.76 bits per heavy atom. The van der Waals surface area contributed by atoms with Crippen LogP contribution in [0.4, 0.5) is 0 Å². The van der Waals surface area contributed by atoms with Crippen LogP contribution in [0, 0.1) is 0 Å². The normalized spacial score (nSPS) is 9.82. The first-order valence-electron chi connectivity index (χ1n) is 4.98. The van der Waals surface area contributed by atoms with E-state index in [0.717, 1.165) is 5.56 Å². The van der Waals surface area contributed by atoms with E-state index < -0.39 is 5.91 Å². The Morgan fingerprint density at radius 3 is 2.12 bits per heavy atom. The van der Waals surface area contributed by atoms with Crippen molar-refractivity contribution in [3.05, 3.63) is 17.7 Å². The zero-order chi connectivity index (χ0) is 12.8. The van der Waals surface area contributed by atoms with Gasteiger partial charge in [-0.05, 0) is 17.7 Å². The highest BCUT2D eigenvalue weighted by molar-refractivity contribution is 5.75. The van der Waals surface area contributed by atoms with Crippen LogP contribution in [0.5, 0.6) is 17.2 Å². The molecule has 0 unspecified atom stereocenters. The Hall–Kier alpha value is -1.95. The summed E-state index contributed by atoms with van der Waals surface area (Å²) in [6, 6.07) is 3.44. The van der Waals surface area contributed by atoms with Gasteiger partial charge in [0.15, 0.2) is 18.1 Å². The van der Waals surface area contributed by atoms with E-state index in [9.17, 15) is 4.79 Å². The fraction of sp³-hybridized carbons (Fsp3) is 0.364. The number of rotatable bonds is 6. The number of nitrogens with two attached hydrogens (primary N) is 2. The average molecular weight is 240 g/mol. The summed E-state index contributed by atoms with van der Waals surface area (Å²) in [5.41, 5.74) is 11.4. The first kappa shape index (κ1) is 13.1. The second kappa shape index (κ2) is 5.95. The van der Waals surface area contributed by atoms with Gasteiger partial charge >= 0.3 is 0 Å². The van der Waals surface area contributed by atoms with E-state index in [1.165, 1.54) is 14.2 Å². The molecule has 0 aliphatic rings. The molecular weight excluding hydrogens is 224 g/mol. The summed E-state index contributed by atoms with van der Waals surface area (Å²) in [4.78, 5) is 10.7. The minimum atomic E-state index is -0.572. The Morgan fingerprint density at radius 1 is 1.24 bits per heavy atom. The van der Waals surface area contributed by atoms with Crippen LogP contribution in [-0.4, -0.2) is 26.7 Å². The number of benzene rings is 1. The van der Waals surface area contributed by atoms with Crippen molar-refractivity contribution in [3.8, 4) is 17.2 Å². The van der Waals surface area contributed by atoms with Gasteiger partial charge in [-0.15, -0.1) is 0 Å². The highest BCUT2D eigenvalue weighted by Gasteiger charge is 2.14. The smallest absolute Gasteiger partial charge is 0.255 e. The second-order valence-electron chi connectivity index (χ2n) is 3.29. The van der Waals surface area contributed by atoms with Gasteiger partial charge in [0.2, 0.25) is 5.75 Å². The zero-order valence-corrected chi connectivity index (χ0v) is 9.86. The number of hydrogen-bond acceptors (Lipinski definition) is 5. The number of hydrogen-bond donors (Lipinski definition) is 2. The van der Waals surface area contributed by atoms with E-state index in [1.807, 2.05) is 0 Å². The summed E-state index contributed by atoms with van der Waals surface area (Å²) in [5, 5.41) is 0. The Balaban J connectivity index is 3.10. The van der Waals surface area contributed by atoms with Gasteiger partial charge in [0.25, 0.3) is 5.91 Å². The van der Waals surface area contributed by atoms with Crippen molar-refractivity contribution < 1.29 is 19.0 Å². The molecule has 0 saturated heterocycles.